The lowest BCUT2D eigenvalue weighted by Gasteiger charge is -2.18. The van der Waals surface area contributed by atoms with Crippen LogP contribution in [0.4, 0.5) is 13.2 Å². The van der Waals surface area contributed by atoms with Gasteiger partial charge >= 0.3 is 6.18 Å². The van der Waals surface area contributed by atoms with E-state index in [1.165, 1.54) is 17.8 Å². The number of nitrogens with two attached hydrogens (primary N) is 1. The van der Waals surface area contributed by atoms with Crippen LogP contribution in [-0.4, -0.2) is 12.4 Å². The first-order chi connectivity index (χ1) is 6.46. The zero-order valence-electron chi connectivity index (χ0n) is 7.51. The standard InChI is InChI=1S/C9H10F3NS/c1-14-7-5-3-2-4-6(7)8(13)9(10,11)12/h2-5,8H,13H2,1H3/t8-/m1/s1. The smallest absolute Gasteiger partial charge is 0.316 e. The molecule has 1 aromatic carbocycles. The molecule has 0 saturated carbocycles. The van der Waals surface area contributed by atoms with Crippen LogP contribution in [0.5, 0.6) is 0 Å². The molecule has 1 rings (SSSR count). The number of rotatable bonds is 2. The quantitative estimate of drug-likeness (QED) is 0.777. The molecule has 0 bridgehead atoms. The van der Waals surface area contributed by atoms with Gasteiger partial charge in [-0.1, -0.05) is 18.2 Å². The molecule has 0 aromatic heterocycles. The van der Waals surface area contributed by atoms with Crippen molar-refractivity contribution in [1.82, 2.24) is 0 Å². The molecule has 78 valence electrons. The van der Waals surface area contributed by atoms with Crippen LogP contribution >= 0.6 is 11.8 Å². The Labute approximate surface area is 84.5 Å². The van der Waals surface area contributed by atoms with Crippen LogP contribution < -0.4 is 5.73 Å². The van der Waals surface area contributed by atoms with E-state index < -0.39 is 12.2 Å². The highest BCUT2D eigenvalue weighted by molar-refractivity contribution is 7.98. The lowest BCUT2D eigenvalue weighted by molar-refractivity contribution is -0.149. The molecule has 0 amide bonds. The first kappa shape index (κ1) is 11.4. The highest BCUT2D eigenvalue weighted by Gasteiger charge is 2.38. The molecule has 2 N–H and O–H groups in total. The maximum Gasteiger partial charge on any atom is 0.407 e. The summed E-state index contributed by atoms with van der Waals surface area (Å²) in [5, 5.41) is 0. The zero-order chi connectivity index (χ0) is 10.8. The number of thioether (sulfide) groups is 1. The number of hydrogen-bond donors (Lipinski definition) is 1. The van der Waals surface area contributed by atoms with Crippen molar-refractivity contribution in [3.05, 3.63) is 29.8 Å². The summed E-state index contributed by atoms with van der Waals surface area (Å²) >= 11 is 1.26. The van der Waals surface area contributed by atoms with Crippen LogP contribution in [-0.2, 0) is 0 Å². The topological polar surface area (TPSA) is 26.0 Å². The van der Waals surface area contributed by atoms with E-state index in [-0.39, 0.29) is 5.56 Å². The summed E-state index contributed by atoms with van der Waals surface area (Å²) in [6.45, 7) is 0. The molecule has 14 heavy (non-hydrogen) atoms. The van der Waals surface area contributed by atoms with Gasteiger partial charge in [0, 0.05) is 4.90 Å². The van der Waals surface area contributed by atoms with Crippen LogP contribution in [0.1, 0.15) is 11.6 Å². The zero-order valence-corrected chi connectivity index (χ0v) is 8.32. The number of hydrogen-bond acceptors (Lipinski definition) is 2. The second-order valence-corrected chi connectivity index (χ2v) is 3.61. The average molecular weight is 221 g/mol. The molecule has 0 aliphatic rings. The van der Waals surface area contributed by atoms with Gasteiger partial charge in [-0.3, -0.25) is 0 Å². The largest absolute Gasteiger partial charge is 0.407 e. The van der Waals surface area contributed by atoms with Crippen LogP contribution in [0.3, 0.4) is 0 Å². The Morgan fingerprint density at radius 2 is 1.86 bits per heavy atom. The van der Waals surface area contributed by atoms with Crippen molar-refractivity contribution < 1.29 is 13.2 Å². The Kier molecular flexibility index (Phi) is 3.44. The normalized spacial score (nSPS) is 14.1. The molecule has 5 heteroatoms. The molecule has 0 heterocycles. The Morgan fingerprint density at radius 1 is 1.29 bits per heavy atom. The van der Waals surface area contributed by atoms with Crippen molar-refractivity contribution in [3.63, 3.8) is 0 Å². The van der Waals surface area contributed by atoms with Crippen molar-refractivity contribution in [1.29, 1.82) is 0 Å². The molecule has 1 nitrogen and oxygen atoms in total. The van der Waals surface area contributed by atoms with Crippen LogP contribution in [0.15, 0.2) is 29.2 Å². The van der Waals surface area contributed by atoms with E-state index in [9.17, 15) is 13.2 Å². The van der Waals surface area contributed by atoms with E-state index in [0.717, 1.165) is 0 Å². The predicted octanol–water partition coefficient (Wildman–Crippen LogP) is 2.97. The van der Waals surface area contributed by atoms with Gasteiger partial charge in [0.25, 0.3) is 0 Å². The minimum atomic E-state index is -4.38. The van der Waals surface area contributed by atoms with Crippen molar-refractivity contribution >= 4 is 11.8 Å². The molecule has 1 atom stereocenters. The minimum Gasteiger partial charge on any atom is -0.316 e. The van der Waals surface area contributed by atoms with Crippen molar-refractivity contribution in [2.75, 3.05) is 6.26 Å². The Bertz CT molecular complexity index is 311. The highest BCUT2D eigenvalue weighted by Crippen LogP contribution is 2.34. The van der Waals surface area contributed by atoms with Crippen molar-refractivity contribution in [2.24, 2.45) is 5.73 Å². The van der Waals surface area contributed by atoms with E-state index in [1.54, 1.807) is 24.5 Å². The summed E-state index contributed by atoms with van der Waals surface area (Å²) in [6, 6.07) is 4.39. The van der Waals surface area contributed by atoms with Gasteiger partial charge in [0.15, 0.2) is 0 Å². The van der Waals surface area contributed by atoms with Gasteiger partial charge < -0.3 is 5.73 Å². The summed E-state index contributed by atoms with van der Waals surface area (Å²) in [4.78, 5) is 0.567. The second kappa shape index (κ2) is 4.23. The van der Waals surface area contributed by atoms with Gasteiger partial charge in [0.2, 0.25) is 0 Å². The number of alkyl halides is 3. The summed E-state index contributed by atoms with van der Waals surface area (Å²) in [5.41, 5.74) is 5.24. The lowest BCUT2D eigenvalue weighted by Crippen LogP contribution is -2.28. The van der Waals surface area contributed by atoms with Gasteiger partial charge in [-0.05, 0) is 17.9 Å². The molecule has 0 aliphatic carbocycles. The predicted molar refractivity (Wildman–Crippen MR) is 51.2 cm³/mol. The minimum absolute atomic E-state index is 0.132. The van der Waals surface area contributed by atoms with Crippen LogP contribution in [0.2, 0.25) is 0 Å². The highest BCUT2D eigenvalue weighted by atomic mass is 32.2. The van der Waals surface area contributed by atoms with Crippen molar-refractivity contribution in [2.45, 2.75) is 17.1 Å². The molecule has 0 fully saturated rings. The van der Waals surface area contributed by atoms with E-state index in [0.29, 0.717) is 4.90 Å². The third-order valence-electron chi connectivity index (χ3n) is 1.83. The van der Waals surface area contributed by atoms with Gasteiger partial charge in [-0.2, -0.15) is 13.2 Å². The molecular weight excluding hydrogens is 211 g/mol. The maximum absolute atomic E-state index is 12.3. The first-order valence-electron chi connectivity index (χ1n) is 3.92. The summed E-state index contributed by atoms with van der Waals surface area (Å²) < 4.78 is 37.0. The molecule has 1 aromatic rings. The third kappa shape index (κ3) is 2.42. The van der Waals surface area contributed by atoms with Gasteiger partial charge in [-0.15, -0.1) is 11.8 Å². The fraction of sp³-hybridized carbons (Fsp3) is 0.333. The van der Waals surface area contributed by atoms with E-state index in [2.05, 4.69) is 0 Å². The fourth-order valence-electron chi connectivity index (χ4n) is 1.10. The van der Waals surface area contributed by atoms with Crippen molar-refractivity contribution in [3.8, 4) is 0 Å². The fourth-order valence-corrected chi connectivity index (χ4v) is 1.75. The van der Waals surface area contributed by atoms with E-state index in [1.807, 2.05) is 0 Å². The number of benzene rings is 1. The lowest BCUT2D eigenvalue weighted by atomic mass is 10.1. The Balaban J connectivity index is 3.06. The molecule has 0 radical (unpaired) electrons. The van der Waals surface area contributed by atoms with Gasteiger partial charge in [0.1, 0.15) is 6.04 Å². The maximum atomic E-state index is 12.3. The average Bonchev–Trinajstić information content (AvgIpc) is 2.15. The first-order valence-corrected chi connectivity index (χ1v) is 5.14. The van der Waals surface area contributed by atoms with E-state index >= 15 is 0 Å². The van der Waals surface area contributed by atoms with Gasteiger partial charge in [-0.25, -0.2) is 0 Å². The summed E-state index contributed by atoms with van der Waals surface area (Å²) in [7, 11) is 0. The molecule has 0 spiro atoms. The Morgan fingerprint density at radius 3 is 2.36 bits per heavy atom. The SMILES string of the molecule is CSc1ccccc1[C@@H](N)C(F)(F)F. The third-order valence-corrected chi connectivity index (χ3v) is 2.64. The second-order valence-electron chi connectivity index (χ2n) is 2.76. The summed E-state index contributed by atoms with van der Waals surface area (Å²) in [5.74, 6) is 0. The van der Waals surface area contributed by atoms with Crippen LogP contribution in [0, 0.1) is 0 Å². The van der Waals surface area contributed by atoms with Crippen LogP contribution in [0.25, 0.3) is 0 Å². The molecule has 0 aliphatic heterocycles. The molecule has 0 unspecified atom stereocenters. The summed E-state index contributed by atoms with van der Waals surface area (Å²) in [6.07, 6.45) is -2.66. The molecular formula is C9H10F3NS. The van der Waals surface area contributed by atoms with Gasteiger partial charge in [0.05, 0.1) is 0 Å². The monoisotopic (exact) mass is 221 g/mol. The van der Waals surface area contributed by atoms with E-state index in [4.69, 9.17) is 5.73 Å². The Hall–Kier alpha value is -0.680. The molecule has 0 saturated heterocycles. The number of halogens is 3.